The standard InChI is InChI=1S/C20H29N5O2.CH2O2/c1-15(2)13-25-14-21-11-17(25)12-23-19(26)24-8-6-20(27,7-9-24)18-5-4-16(3)10-22-18;2-1-3/h4-5,10-11,14-15,27H,6-9,12-13H2,1-3H3,(H,23,26);1H,(H,2,3). The summed E-state index contributed by atoms with van der Waals surface area (Å²) in [5, 5.41) is 20.8. The molecule has 9 nitrogen and oxygen atoms in total. The van der Waals surface area contributed by atoms with Gasteiger partial charge in [0.05, 0.1) is 24.3 Å². The molecule has 0 unspecified atom stereocenters. The van der Waals surface area contributed by atoms with Crippen LogP contribution in [0.2, 0.25) is 0 Å². The molecule has 0 spiro atoms. The lowest BCUT2D eigenvalue weighted by Gasteiger charge is -2.37. The van der Waals surface area contributed by atoms with E-state index in [0.29, 0.717) is 44.1 Å². The molecule has 2 amide bonds. The molecule has 0 aromatic carbocycles. The van der Waals surface area contributed by atoms with Crippen LogP contribution in [0.4, 0.5) is 4.79 Å². The highest BCUT2D eigenvalue weighted by Crippen LogP contribution is 2.31. The Balaban J connectivity index is 0.00000101. The molecule has 3 rings (SSSR count). The maximum Gasteiger partial charge on any atom is 0.317 e. The van der Waals surface area contributed by atoms with Crippen molar-refractivity contribution in [1.82, 2.24) is 24.8 Å². The SMILES string of the molecule is Cc1ccc(C2(O)CCN(C(=O)NCc3cncn3CC(C)C)CC2)nc1.O=CO. The van der Waals surface area contributed by atoms with Gasteiger partial charge in [0.2, 0.25) is 0 Å². The van der Waals surface area contributed by atoms with Crippen LogP contribution in [0.5, 0.6) is 0 Å². The van der Waals surface area contributed by atoms with Gasteiger partial charge in [-0.2, -0.15) is 0 Å². The van der Waals surface area contributed by atoms with Crippen molar-refractivity contribution < 1.29 is 19.8 Å². The second-order valence-electron chi connectivity index (χ2n) is 7.93. The molecule has 0 aliphatic carbocycles. The Kier molecular flexibility index (Phi) is 8.35. The smallest absolute Gasteiger partial charge is 0.317 e. The van der Waals surface area contributed by atoms with E-state index in [2.05, 4.69) is 33.7 Å². The number of hydrogen-bond acceptors (Lipinski definition) is 5. The minimum absolute atomic E-state index is 0.105. The molecule has 2 aromatic heterocycles. The predicted molar refractivity (Wildman–Crippen MR) is 112 cm³/mol. The van der Waals surface area contributed by atoms with Gasteiger partial charge in [0.15, 0.2) is 0 Å². The average Bonchev–Trinajstić information content (AvgIpc) is 3.14. The molecule has 0 bridgehead atoms. The van der Waals surface area contributed by atoms with Crippen molar-refractivity contribution >= 4 is 12.5 Å². The molecule has 0 radical (unpaired) electrons. The minimum atomic E-state index is -0.958. The zero-order chi connectivity index (χ0) is 22.1. The summed E-state index contributed by atoms with van der Waals surface area (Å²) in [6.07, 6.45) is 6.34. The number of amides is 2. The predicted octanol–water partition coefficient (Wildman–Crippen LogP) is 2.14. The Hall–Kier alpha value is -2.94. The first-order chi connectivity index (χ1) is 14.3. The number of carbonyl (C=O) groups is 2. The Morgan fingerprint density at radius 3 is 2.53 bits per heavy atom. The van der Waals surface area contributed by atoms with E-state index in [9.17, 15) is 9.90 Å². The number of nitrogens with one attached hydrogen (secondary N) is 1. The molecule has 1 fully saturated rings. The van der Waals surface area contributed by atoms with Crippen LogP contribution in [-0.4, -0.2) is 55.2 Å². The molecule has 164 valence electrons. The first kappa shape index (κ1) is 23.3. The number of imidazole rings is 1. The van der Waals surface area contributed by atoms with E-state index in [-0.39, 0.29) is 12.5 Å². The lowest BCUT2D eigenvalue weighted by atomic mass is 9.87. The van der Waals surface area contributed by atoms with E-state index in [1.54, 1.807) is 23.6 Å². The molecular formula is C21H31N5O4. The third-order valence-corrected chi connectivity index (χ3v) is 5.05. The topological polar surface area (TPSA) is 121 Å². The van der Waals surface area contributed by atoms with Crippen LogP contribution in [0, 0.1) is 12.8 Å². The Morgan fingerprint density at radius 2 is 1.97 bits per heavy atom. The number of rotatable bonds is 5. The average molecular weight is 418 g/mol. The maximum absolute atomic E-state index is 12.5. The van der Waals surface area contributed by atoms with Gasteiger partial charge in [-0.1, -0.05) is 19.9 Å². The number of pyridine rings is 1. The molecule has 0 saturated carbocycles. The van der Waals surface area contributed by atoms with Crippen LogP contribution >= 0.6 is 0 Å². The largest absolute Gasteiger partial charge is 0.483 e. The number of aromatic nitrogens is 3. The van der Waals surface area contributed by atoms with Crippen molar-refractivity contribution in [3.63, 3.8) is 0 Å². The van der Waals surface area contributed by atoms with Gasteiger partial charge >= 0.3 is 6.03 Å². The second kappa shape index (κ2) is 10.7. The molecular weight excluding hydrogens is 386 g/mol. The minimum Gasteiger partial charge on any atom is -0.483 e. The number of carbonyl (C=O) groups excluding carboxylic acids is 1. The molecule has 3 N–H and O–H groups in total. The van der Waals surface area contributed by atoms with Gasteiger partial charge in [0, 0.05) is 32.0 Å². The number of aryl methyl sites for hydroxylation is 1. The molecule has 1 aliphatic rings. The van der Waals surface area contributed by atoms with E-state index < -0.39 is 5.60 Å². The zero-order valence-corrected chi connectivity index (χ0v) is 17.8. The van der Waals surface area contributed by atoms with Crippen LogP contribution < -0.4 is 5.32 Å². The van der Waals surface area contributed by atoms with Crippen LogP contribution in [-0.2, 0) is 23.5 Å². The summed E-state index contributed by atoms with van der Waals surface area (Å²) in [6, 6.07) is 3.73. The normalized spacial score (nSPS) is 15.3. The number of nitrogens with zero attached hydrogens (tertiary/aromatic N) is 4. The molecule has 3 heterocycles. The first-order valence-electron chi connectivity index (χ1n) is 10.0. The van der Waals surface area contributed by atoms with Gasteiger partial charge in [-0.15, -0.1) is 0 Å². The number of aliphatic hydroxyl groups is 1. The molecule has 0 atom stereocenters. The Morgan fingerprint density at radius 1 is 1.30 bits per heavy atom. The lowest BCUT2D eigenvalue weighted by Crippen LogP contribution is -2.48. The maximum atomic E-state index is 12.5. The number of carboxylic acid groups (broad SMARTS) is 1. The number of likely N-dealkylation sites (tertiary alicyclic amines) is 1. The monoisotopic (exact) mass is 417 g/mol. The lowest BCUT2D eigenvalue weighted by molar-refractivity contribution is -0.122. The highest BCUT2D eigenvalue weighted by molar-refractivity contribution is 5.74. The third kappa shape index (κ3) is 6.28. The van der Waals surface area contributed by atoms with Crippen LogP contribution in [0.1, 0.15) is 43.6 Å². The summed E-state index contributed by atoms with van der Waals surface area (Å²) in [5.41, 5.74) is 1.79. The van der Waals surface area contributed by atoms with Crippen LogP contribution in [0.3, 0.4) is 0 Å². The zero-order valence-electron chi connectivity index (χ0n) is 17.8. The highest BCUT2D eigenvalue weighted by Gasteiger charge is 2.36. The number of urea groups is 1. The van der Waals surface area contributed by atoms with E-state index in [1.807, 2.05) is 19.1 Å². The van der Waals surface area contributed by atoms with Crippen LogP contribution in [0.25, 0.3) is 0 Å². The molecule has 2 aromatic rings. The van der Waals surface area contributed by atoms with Crippen molar-refractivity contribution in [2.45, 2.75) is 52.3 Å². The molecule has 1 aliphatic heterocycles. The van der Waals surface area contributed by atoms with Gasteiger partial charge in [-0.3, -0.25) is 9.78 Å². The molecule has 1 saturated heterocycles. The quantitative estimate of drug-likeness (QED) is 0.641. The fraction of sp³-hybridized carbons (Fsp3) is 0.524. The Labute approximate surface area is 176 Å². The summed E-state index contributed by atoms with van der Waals surface area (Å²) in [5.74, 6) is 0.517. The summed E-state index contributed by atoms with van der Waals surface area (Å²) in [4.78, 5) is 31.2. The summed E-state index contributed by atoms with van der Waals surface area (Å²) >= 11 is 0. The Bertz CT molecular complexity index is 811. The summed E-state index contributed by atoms with van der Waals surface area (Å²) in [6.45, 7) is 8.37. The van der Waals surface area contributed by atoms with E-state index in [4.69, 9.17) is 9.90 Å². The second-order valence-corrected chi connectivity index (χ2v) is 7.93. The van der Waals surface area contributed by atoms with Crippen molar-refractivity contribution in [2.24, 2.45) is 5.92 Å². The van der Waals surface area contributed by atoms with Gasteiger partial charge in [-0.25, -0.2) is 9.78 Å². The molecule has 9 heteroatoms. The number of piperidine rings is 1. The van der Waals surface area contributed by atoms with Crippen LogP contribution in [0.15, 0.2) is 30.9 Å². The third-order valence-electron chi connectivity index (χ3n) is 5.05. The van der Waals surface area contributed by atoms with Crippen molar-refractivity contribution in [3.8, 4) is 0 Å². The fourth-order valence-corrected chi connectivity index (χ4v) is 3.41. The fourth-order valence-electron chi connectivity index (χ4n) is 3.41. The van der Waals surface area contributed by atoms with Crippen molar-refractivity contribution in [2.75, 3.05) is 13.1 Å². The molecule has 30 heavy (non-hydrogen) atoms. The van der Waals surface area contributed by atoms with Gasteiger partial charge in [0.1, 0.15) is 5.60 Å². The van der Waals surface area contributed by atoms with E-state index >= 15 is 0 Å². The van der Waals surface area contributed by atoms with Gasteiger partial charge < -0.3 is 25.0 Å². The first-order valence-corrected chi connectivity index (χ1v) is 10.0. The van der Waals surface area contributed by atoms with E-state index in [1.165, 1.54) is 0 Å². The van der Waals surface area contributed by atoms with Gasteiger partial charge in [0.25, 0.3) is 6.47 Å². The highest BCUT2D eigenvalue weighted by atomic mass is 16.3. The van der Waals surface area contributed by atoms with Crippen molar-refractivity contribution in [1.29, 1.82) is 0 Å². The number of hydrogen-bond donors (Lipinski definition) is 3. The summed E-state index contributed by atoms with van der Waals surface area (Å²) in [7, 11) is 0. The summed E-state index contributed by atoms with van der Waals surface area (Å²) < 4.78 is 2.07. The van der Waals surface area contributed by atoms with Gasteiger partial charge in [-0.05, 0) is 37.3 Å². The van der Waals surface area contributed by atoms with Crippen molar-refractivity contribution in [3.05, 3.63) is 47.8 Å². The van der Waals surface area contributed by atoms with E-state index in [0.717, 1.165) is 17.8 Å².